The van der Waals surface area contributed by atoms with Crippen molar-refractivity contribution in [2.75, 3.05) is 6.54 Å². The van der Waals surface area contributed by atoms with Gasteiger partial charge in [0.25, 0.3) is 0 Å². The maximum atomic E-state index is 12.9. The number of primary amides is 1. The Kier molecular flexibility index (Phi) is 6.39. The number of hydrogen-bond donors (Lipinski definition) is 3. The Morgan fingerprint density at radius 3 is 2.68 bits per heavy atom. The molecule has 0 aromatic rings. The molecule has 140 valence electrons. The number of amides is 4. The molecule has 0 saturated carbocycles. The van der Waals surface area contributed by atoms with E-state index in [1.807, 2.05) is 13.8 Å². The maximum absolute atomic E-state index is 12.9. The summed E-state index contributed by atoms with van der Waals surface area (Å²) in [5.74, 6) is -1.39. The quantitative estimate of drug-likeness (QED) is 0.580. The van der Waals surface area contributed by atoms with Gasteiger partial charge in [-0.1, -0.05) is 26.7 Å². The van der Waals surface area contributed by atoms with E-state index in [-0.39, 0.29) is 23.6 Å². The third-order valence-electron chi connectivity index (χ3n) is 5.00. The summed E-state index contributed by atoms with van der Waals surface area (Å²) in [6.07, 6.45) is 3.75. The van der Waals surface area contributed by atoms with Crippen LogP contribution in [0.15, 0.2) is 0 Å². The molecule has 0 aromatic heterocycles. The second-order valence-corrected chi connectivity index (χ2v) is 7.02. The van der Waals surface area contributed by atoms with Crippen molar-refractivity contribution < 1.29 is 19.2 Å². The van der Waals surface area contributed by atoms with Gasteiger partial charge in [0, 0.05) is 13.0 Å². The number of nitrogens with one attached hydrogen (secondary N) is 2. The molecule has 2 rings (SSSR count). The molecule has 4 amide bonds. The van der Waals surface area contributed by atoms with Crippen molar-refractivity contribution in [2.45, 2.75) is 70.5 Å². The molecule has 2 aliphatic rings. The Balaban J connectivity index is 2.07. The fourth-order valence-corrected chi connectivity index (χ4v) is 3.56. The Morgan fingerprint density at radius 2 is 2.12 bits per heavy atom. The molecule has 8 heteroatoms. The summed E-state index contributed by atoms with van der Waals surface area (Å²) in [7, 11) is 0. The van der Waals surface area contributed by atoms with Crippen LogP contribution in [0.3, 0.4) is 0 Å². The number of nitrogens with two attached hydrogens (primary N) is 1. The fraction of sp³-hybridized carbons (Fsp3) is 0.765. The van der Waals surface area contributed by atoms with Crippen LogP contribution in [0.5, 0.6) is 0 Å². The molecule has 2 fully saturated rings. The highest BCUT2D eigenvalue weighted by molar-refractivity contribution is 5.95. The van der Waals surface area contributed by atoms with Crippen LogP contribution in [0.25, 0.3) is 0 Å². The second-order valence-electron chi connectivity index (χ2n) is 7.02. The van der Waals surface area contributed by atoms with Gasteiger partial charge < -0.3 is 21.3 Å². The van der Waals surface area contributed by atoms with Gasteiger partial charge in [-0.25, -0.2) is 0 Å². The lowest BCUT2D eigenvalue weighted by Gasteiger charge is -2.29. The summed E-state index contributed by atoms with van der Waals surface area (Å²) in [6.45, 7) is 4.31. The molecule has 8 nitrogen and oxygen atoms in total. The smallest absolute Gasteiger partial charge is 0.245 e. The van der Waals surface area contributed by atoms with Crippen LogP contribution in [0.1, 0.15) is 52.4 Å². The number of likely N-dealkylation sites (tertiary alicyclic amines) is 1. The first-order valence-electron chi connectivity index (χ1n) is 9.04. The highest BCUT2D eigenvalue weighted by Gasteiger charge is 2.39. The first-order chi connectivity index (χ1) is 11.8. The zero-order chi connectivity index (χ0) is 18.6. The molecule has 0 spiro atoms. The van der Waals surface area contributed by atoms with E-state index in [0.29, 0.717) is 25.8 Å². The summed E-state index contributed by atoms with van der Waals surface area (Å²) in [5, 5.41) is 5.43. The van der Waals surface area contributed by atoms with Crippen LogP contribution < -0.4 is 16.4 Å². The lowest BCUT2D eigenvalue weighted by Crippen LogP contribution is -2.55. The summed E-state index contributed by atoms with van der Waals surface area (Å²) in [6, 6.07) is -1.91. The van der Waals surface area contributed by atoms with E-state index in [4.69, 9.17) is 5.73 Å². The van der Waals surface area contributed by atoms with E-state index in [1.54, 1.807) is 0 Å². The number of hydrogen-bond acceptors (Lipinski definition) is 4. The molecule has 0 bridgehead atoms. The number of unbranched alkanes of at least 4 members (excludes halogenated alkanes) is 1. The fourth-order valence-electron chi connectivity index (χ4n) is 3.56. The summed E-state index contributed by atoms with van der Waals surface area (Å²) in [5.41, 5.74) is 5.39. The summed E-state index contributed by atoms with van der Waals surface area (Å²) < 4.78 is 0. The summed E-state index contributed by atoms with van der Waals surface area (Å²) >= 11 is 0. The Labute approximate surface area is 147 Å². The number of nitrogens with zero attached hydrogens (tertiary/aromatic N) is 1. The minimum absolute atomic E-state index is 0.111. The monoisotopic (exact) mass is 352 g/mol. The molecule has 0 aromatic carbocycles. The van der Waals surface area contributed by atoms with Gasteiger partial charge in [0.05, 0.1) is 0 Å². The van der Waals surface area contributed by atoms with E-state index >= 15 is 0 Å². The number of carbonyl (C=O) groups excluding carboxylic acids is 4. The van der Waals surface area contributed by atoms with Gasteiger partial charge in [-0.15, -0.1) is 0 Å². The Bertz CT molecular complexity index is 551. The molecule has 2 aliphatic heterocycles. The van der Waals surface area contributed by atoms with Crippen LogP contribution in [0.4, 0.5) is 0 Å². The first kappa shape index (κ1) is 19.2. The third kappa shape index (κ3) is 4.49. The van der Waals surface area contributed by atoms with Crippen LogP contribution >= 0.6 is 0 Å². The normalized spacial score (nSPS) is 27.0. The van der Waals surface area contributed by atoms with E-state index in [0.717, 1.165) is 19.3 Å². The minimum Gasteiger partial charge on any atom is -0.368 e. The zero-order valence-electron chi connectivity index (χ0n) is 14.9. The van der Waals surface area contributed by atoms with Crippen molar-refractivity contribution in [3.63, 3.8) is 0 Å². The van der Waals surface area contributed by atoms with E-state index in [2.05, 4.69) is 10.6 Å². The Hall–Kier alpha value is -2.12. The van der Waals surface area contributed by atoms with Gasteiger partial charge in [-0.3, -0.25) is 19.2 Å². The second kappa shape index (κ2) is 8.31. The van der Waals surface area contributed by atoms with E-state index in [9.17, 15) is 19.2 Å². The van der Waals surface area contributed by atoms with Gasteiger partial charge in [0.2, 0.25) is 23.6 Å². The van der Waals surface area contributed by atoms with E-state index in [1.165, 1.54) is 4.90 Å². The van der Waals surface area contributed by atoms with Crippen LogP contribution in [0.2, 0.25) is 0 Å². The lowest BCUT2D eigenvalue weighted by molar-refractivity contribution is -0.141. The molecule has 25 heavy (non-hydrogen) atoms. The molecule has 0 aliphatic carbocycles. The molecule has 2 heterocycles. The van der Waals surface area contributed by atoms with Crippen molar-refractivity contribution in [2.24, 2.45) is 11.7 Å². The lowest BCUT2D eigenvalue weighted by atomic mass is 10.0. The maximum Gasteiger partial charge on any atom is 0.245 e. The molecule has 4 N–H and O–H groups in total. The first-order valence-corrected chi connectivity index (χ1v) is 9.04. The molecule has 0 radical (unpaired) electrons. The van der Waals surface area contributed by atoms with Gasteiger partial charge in [0.1, 0.15) is 18.1 Å². The van der Waals surface area contributed by atoms with Crippen molar-refractivity contribution in [3.05, 3.63) is 0 Å². The van der Waals surface area contributed by atoms with Crippen LogP contribution in [-0.4, -0.2) is 53.2 Å². The Morgan fingerprint density at radius 1 is 1.40 bits per heavy atom. The number of carbonyl (C=O) groups is 4. The zero-order valence-corrected chi connectivity index (χ0v) is 14.9. The number of rotatable bonds is 7. The molecular formula is C17H28N4O4. The largest absolute Gasteiger partial charge is 0.368 e. The van der Waals surface area contributed by atoms with E-state index < -0.39 is 24.0 Å². The predicted octanol–water partition coefficient (Wildman–Crippen LogP) is -0.338. The average molecular weight is 352 g/mol. The third-order valence-corrected chi connectivity index (χ3v) is 5.00. The molecule has 4 atom stereocenters. The molecule has 2 saturated heterocycles. The van der Waals surface area contributed by atoms with Crippen molar-refractivity contribution >= 4 is 23.6 Å². The molecular weight excluding hydrogens is 324 g/mol. The minimum atomic E-state index is -0.697. The standard InChI is InChI=1S/C17H28N4O4/c1-3-4-6-11(17(25)21-8-5-7-12(21)15(18)23)19-16(24)14-10(2)9-13(22)20-14/h10-12,14H,3-9H2,1-2H3,(H2,18,23)(H,19,24)(H,20,22)/t10-,11+,12+,14+/m1/s1. The highest BCUT2D eigenvalue weighted by Crippen LogP contribution is 2.20. The van der Waals surface area contributed by atoms with Gasteiger partial charge in [0.15, 0.2) is 0 Å². The van der Waals surface area contributed by atoms with Gasteiger partial charge >= 0.3 is 0 Å². The van der Waals surface area contributed by atoms with Crippen LogP contribution in [-0.2, 0) is 19.2 Å². The highest BCUT2D eigenvalue weighted by atomic mass is 16.2. The topological polar surface area (TPSA) is 122 Å². The van der Waals surface area contributed by atoms with Gasteiger partial charge in [-0.2, -0.15) is 0 Å². The SMILES string of the molecule is CCCC[C@H](NC(=O)[C@H]1NC(=O)C[C@H]1C)C(=O)N1CCC[C@H]1C(N)=O. The van der Waals surface area contributed by atoms with Crippen LogP contribution in [0, 0.1) is 5.92 Å². The average Bonchev–Trinajstić information content (AvgIpc) is 3.17. The van der Waals surface area contributed by atoms with Crippen molar-refractivity contribution in [3.8, 4) is 0 Å². The predicted molar refractivity (Wildman–Crippen MR) is 91.1 cm³/mol. The van der Waals surface area contributed by atoms with Crippen molar-refractivity contribution in [1.82, 2.24) is 15.5 Å². The van der Waals surface area contributed by atoms with Gasteiger partial charge in [-0.05, 0) is 25.2 Å². The van der Waals surface area contributed by atoms with Crippen molar-refractivity contribution in [1.29, 1.82) is 0 Å². The summed E-state index contributed by atoms with van der Waals surface area (Å²) in [4.78, 5) is 49.9. The molecule has 0 unspecified atom stereocenters.